The number of aliphatic hydroxyl groups excluding tert-OH is 4. The van der Waals surface area contributed by atoms with Gasteiger partial charge in [-0.25, -0.2) is 28.6 Å². The lowest BCUT2D eigenvalue weighted by molar-refractivity contribution is -0.174. The second-order valence-corrected chi connectivity index (χ2v) is 28.7. The molecule has 5 aliphatic rings. The fraction of sp³-hybridized carbons (Fsp3) is 0.812. The number of phosphoric ester groups is 3. The Morgan fingerprint density at radius 2 is 1.59 bits per heavy atom. The van der Waals surface area contributed by atoms with Crippen molar-refractivity contribution in [3.8, 4) is 0 Å². The first-order valence-corrected chi connectivity index (χ1v) is 32.2. The number of thioether (sulfide) groups is 1. The molecule has 3 heterocycles. The number of hydrogen-bond donors (Lipinski definition) is 11. The largest absolute Gasteiger partial charge is 0.481 e. The molecule has 1 saturated heterocycles. The summed E-state index contributed by atoms with van der Waals surface area (Å²) in [5, 5.41) is 48.4. The molecule has 0 radical (unpaired) electrons. The minimum atomic E-state index is -5.61. The van der Waals surface area contributed by atoms with Crippen LogP contribution in [0.4, 0.5) is 5.82 Å². The zero-order chi connectivity index (χ0) is 58.2. The summed E-state index contributed by atoms with van der Waals surface area (Å²) < 4.78 is 62.7. The molecule has 5 fully saturated rings. The zero-order valence-electron chi connectivity index (χ0n) is 45.1. The van der Waals surface area contributed by atoms with Gasteiger partial charge in [0.15, 0.2) is 22.8 Å². The van der Waals surface area contributed by atoms with Crippen molar-refractivity contribution >= 4 is 74.9 Å². The van der Waals surface area contributed by atoms with E-state index in [1.165, 1.54) is 13.8 Å². The summed E-state index contributed by atoms with van der Waals surface area (Å²) in [5.74, 6) is -0.152. The number of fused-ring (bicyclic) bond motifs is 6. The van der Waals surface area contributed by atoms with Gasteiger partial charge in [-0.15, -0.1) is 0 Å². The zero-order valence-corrected chi connectivity index (χ0v) is 48.6. The maximum Gasteiger partial charge on any atom is 0.481 e. The van der Waals surface area contributed by atoms with Crippen molar-refractivity contribution in [1.82, 2.24) is 30.2 Å². The molecule has 12 N–H and O–H groups in total. The van der Waals surface area contributed by atoms with Crippen molar-refractivity contribution in [2.75, 3.05) is 37.8 Å². The Morgan fingerprint density at radius 1 is 0.911 bits per heavy atom. The van der Waals surface area contributed by atoms with Crippen LogP contribution in [0, 0.1) is 57.7 Å². The van der Waals surface area contributed by atoms with E-state index >= 15 is 0 Å². The molecule has 2 aromatic heterocycles. The van der Waals surface area contributed by atoms with Crippen molar-refractivity contribution in [3.05, 3.63) is 12.7 Å². The van der Waals surface area contributed by atoms with Gasteiger partial charge in [-0.05, 0) is 111 Å². The summed E-state index contributed by atoms with van der Waals surface area (Å²) in [5.41, 5.74) is 4.45. The number of ketones is 1. The first-order valence-electron chi connectivity index (χ1n) is 26.7. The van der Waals surface area contributed by atoms with Crippen LogP contribution in [0.5, 0.6) is 0 Å². The van der Waals surface area contributed by atoms with Gasteiger partial charge in [-0.2, -0.15) is 4.31 Å². The monoisotopic (exact) mass is 1200 g/mol. The van der Waals surface area contributed by atoms with E-state index in [2.05, 4.69) is 55.2 Å². The molecule has 7 rings (SSSR count). The number of anilines is 1. The van der Waals surface area contributed by atoms with Crippen molar-refractivity contribution < 1.29 is 95.5 Å². The molecule has 446 valence electrons. The van der Waals surface area contributed by atoms with Crippen molar-refractivity contribution in [2.45, 2.75) is 155 Å². The van der Waals surface area contributed by atoms with Crippen LogP contribution >= 0.6 is 35.2 Å². The van der Waals surface area contributed by atoms with Gasteiger partial charge in [-0.3, -0.25) is 37.3 Å². The highest BCUT2D eigenvalue weighted by Crippen LogP contribution is 2.68. The second-order valence-electron chi connectivity index (χ2n) is 23.4. The summed E-state index contributed by atoms with van der Waals surface area (Å²) >= 11 is 0.940. The van der Waals surface area contributed by atoms with E-state index in [4.69, 9.17) is 19.5 Å². The molecule has 0 aromatic carbocycles. The minimum Gasteiger partial charge on any atom is -0.393 e. The second kappa shape index (κ2) is 25.2. The summed E-state index contributed by atoms with van der Waals surface area (Å²) in [6.07, 6.45) is 0.890. The number of aromatic nitrogens is 4. The number of aliphatic hydroxyl groups is 4. The Bertz CT molecular complexity index is 2690. The van der Waals surface area contributed by atoms with Gasteiger partial charge in [0.25, 0.3) is 0 Å². The number of hydrogen-bond acceptors (Lipinski definition) is 21. The maximum absolute atomic E-state index is 13.3. The van der Waals surface area contributed by atoms with Gasteiger partial charge in [-0.1, -0.05) is 46.4 Å². The van der Waals surface area contributed by atoms with Crippen LogP contribution in [0.3, 0.4) is 0 Å². The molecule has 79 heavy (non-hydrogen) atoms. The van der Waals surface area contributed by atoms with Crippen LogP contribution in [-0.2, 0) is 55.5 Å². The lowest BCUT2D eigenvalue weighted by atomic mass is 9.43. The van der Waals surface area contributed by atoms with E-state index in [9.17, 15) is 72.9 Å². The molecule has 27 nitrogen and oxygen atoms in total. The van der Waals surface area contributed by atoms with Gasteiger partial charge in [0, 0.05) is 37.1 Å². The van der Waals surface area contributed by atoms with Crippen molar-refractivity contribution in [2.24, 2.45) is 57.7 Å². The number of ether oxygens (including phenoxy) is 1. The molecule has 2 amide bonds. The molecule has 4 saturated carbocycles. The van der Waals surface area contributed by atoms with E-state index < -0.39 is 90.5 Å². The number of carbonyl (C=O) groups is 4. The molecule has 10 unspecified atom stereocenters. The van der Waals surface area contributed by atoms with Gasteiger partial charge >= 0.3 is 23.5 Å². The number of rotatable bonds is 25. The lowest BCUT2D eigenvalue weighted by Crippen LogP contribution is -2.58. The molecule has 0 bridgehead atoms. The maximum atomic E-state index is 13.3. The van der Waals surface area contributed by atoms with Gasteiger partial charge in [0.05, 0.1) is 37.7 Å². The number of nitrogens with one attached hydrogen (secondary N) is 2. The molecule has 2 aromatic rings. The third-order valence-corrected chi connectivity index (χ3v) is 22.0. The van der Waals surface area contributed by atoms with Gasteiger partial charge < -0.3 is 61.1 Å². The molecular weight excluding hydrogens is 1120 g/mol. The number of amides is 2. The first kappa shape index (κ1) is 63.7. The summed E-state index contributed by atoms with van der Waals surface area (Å²) in [6.45, 7) is 8.89. The van der Waals surface area contributed by atoms with Crippen LogP contribution in [-0.4, -0.2) is 151 Å². The molecule has 0 spiro atoms. The van der Waals surface area contributed by atoms with Crippen LogP contribution in [0.1, 0.15) is 118 Å². The predicted molar refractivity (Wildman–Crippen MR) is 282 cm³/mol. The molecular formula is C48H78N7O20P3S. The molecule has 1 aliphatic heterocycles. The Morgan fingerprint density at radius 3 is 2.30 bits per heavy atom. The van der Waals surface area contributed by atoms with Crippen LogP contribution in [0.2, 0.25) is 0 Å². The Balaban J connectivity index is 0.774. The highest BCUT2D eigenvalue weighted by atomic mass is 32.2. The summed E-state index contributed by atoms with van der Waals surface area (Å²) in [4.78, 5) is 103. The standard InChI is InChI=1S/C48H78N7O20P3S/c1-25(29-8-9-30-36-31(12-15-48(29,30)6)47(5)14-11-28(56)19-27(47)20-33(36)58)7-10-32(57)26(2)45(63)79-18-17-50-35(59)13-16-51-43(62)40(61)46(3,4)22-72-78(69,70)75-77(67,68)71-21-34-39(74-76(64,65)66)38(60)44(73-34)55-24-54-37-41(49)52-23-53-42(37)55/h23-31,33-34,36,38-40,44,56,58,60-61H,7-22H2,1-6H3,(H,50,59)(H,51,62)(H,67,68)(H,69,70)(H2,49,52,53)(H2,64,65,66)/t25?,26?,27-,28+,29?,30?,31?,33?,34+,36?,38+,39+,40?,44+,47-,48+/m0/s1. The fourth-order valence-corrected chi connectivity index (χ4v) is 17.1. The van der Waals surface area contributed by atoms with Gasteiger partial charge in [0.1, 0.15) is 42.0 Å². The summed E-state index contributed by atoms with van der Waals surface area (Å²) in [7, 11) is -16.5. The first-order chi connectivity index (χ1) is 36.8. The SMILES string of the molecule is CC(C(=O)CCC(C)C1CCC2C3C(O)C[C@@H]4C[C@H](O)CC[C@]4(C)C3CC[C@]12C)C(=O)SCCNC(=O)CCNC(=O)C(O)C(C)(C)COP(=O)(O)OP(=O)(O)OC[C@H]1O[C@@H](n2cnc3c(N)ncnc32)[C@H](O)[C@@H]1OP(=O)(O)O. The highest BCUT2D eigenvalue weighted by molar-refractivity contribution is 8.13. The Kier molecular flexibility index (Phi) is 20.3. The van der Waals surface area contributed by atoms with E-state index in [1.54, 1.807) is 6.92 Å². The van der Waals surface area contributed by atoms with Crippen molar-refractivity contribution in [1.29, 1.82) is 0 Å². The lowest BCUT2D eigenvalue weighted by Gasteiger charge is -2.62. The third kappa shape index (κ3) is 14.7. The summed E-state index contributed by atoms with van der Waals surface area (Å²) in [6, 6.07) is 0. The molecule has 4 aliphatic carbocycles. The minimum absolute atomic E-state index is 0.0217. The number of nitrogen functional groups attached to an aromatic ring is 1. The fourth-order valence-electron chi connectivity index (χ4n) is 13.5. The van der Waals surface area contributed by atoms with E-state index in [1.807, 2.05) is 0 Å². The number of Topliss-reactive ketones (excluding diaryl/α,β-unsaturated/α-hetero) is 1. The predicted octanol–water partition coefficient (Wildman–Crippen LogP) is 3.28. The smallest absolute Gasteiger partial charge is 0.393 e. The van der Waals surface area contributed by atoms with E-state index in [0.29, 0.717) is 30.1 Å². The number of carbonyl (C=O) groups excluding carboxylic acids is 4. The van der Waals surface area contributed by atoms with Crippen molar-refractivity contribution in [3.63, 3.8) is 0 Å². The normalized spacial score (nSPS) is 33.6. The Hall–Kier alpha value is -2.85. The van der Waals surface area contributed by atoms with Crippen LogP contribution < -0.4 is 16.4 Å². The number of phosphoric acid groups is 3. The van der Waals surface area contributed by atoms with E-state index in [-0.39, 0.29) is 94.4 Å². The quantitative estimate of drug-likeness (QED) is 0.0386. The van der Waals surface area contributed by atoms with Crippen LogP contribution in [0.25, 0.3) is 11.2 Å². The van der Waals surface area contributed by atoms with Crippen LogP contribution in [0.15, 0.2) is 12.7 Å². The molecule has 18 atom stereocenters. The average Bonchev–Trinajstić information content (AvgIpc) is 4.03. The molecule has 31 heteroatoms. The van der Waals surface area contributed by atoms with Gasteiger partial charge in [0.2, 0.25) is 11.8 Å². The number of imidazole rings is 1. The highest BCUT2D eigenvalue weighted by Gasteiger charge is 2.63. The average molecular weight is 1200 g/mol. The number of nitrogens with two attached hydrogens (primary N) is 1. The van der Waals surface area contributed by atoms with E-state index in [0.717, 1.165) is 80.4 Å². The topological polar surface area (TPSA) is 421 Å². The third-order valence-electron chi connectivity index (χ3n) is 17.8. The number of nitrogens with zero attached hydrogens (tertiary/aromatic N) is 4. The Labute approximate surface area is 462 Å².